The Labute approximate surface area is 121 Å². The molecule has 1 rings (SSSR count). The average Bonchev–Trinajstić information content (AvgIpc) is 2.49. The first-order valence-electron chi connectivity index (χ1n) is 7.34. The number of benzene rings is 1. The highest BCUT2D eigenvalue weighted by atomic mass is 19.1. The smallest absolute Gasteiger partial charge is 0.131 e. The molecule has 1 aromatic rings. The van der Waals surface area contributed by atoms with Crippen molar-refractivity contribution in [1.29, 1.82) is 0 Å². The van der Waals surface area contributed by atoms with Gasteiger partial charge in [-0.1, -0.05) is 26.8 Å². The molecule has 0 unspecified atom stereocenters. The van der Waals surface area contributed by atoms with Gasteiger partial charge in [-0.25, -0.2) is 4.39 Å². The van der Waals surface area contributed by atoms with Gasteiger partial charge in [-0.2, -0.15) is 0 Å². The molecule has 0 heterocycles. The van der Waals surface area contributed by atoms with Crippen LogP contribution in [0.2, 0.25) is 0 Å². The predicted molar refractivity (Wildman–Crippen MR) is 81.4 cm³/mol. The monoisotopic (exact) mass is 282 g/mol. The Morgan fingerprint density at radius 3 is 2.30 bits per heavy atom. The van der Waals surface area contributed by atoms with Crippen LogP contribution in [0.1, 0.15) is 39.2 Å². The van der Waals surface area contributed by atoms with Crippen LogP contribution in [0.5, 0.6) is 5.75 Å². The Morgan fingerprint density at radius 1 is 1.25 bits per heavy atom. The van der Waals surface area contributed by atoms with Gasteiger partial charge in [0.25, 0.3) is 0 Å². The fourth-order valence-corrected chi connectivity index (χ4v) is 2.72. The summed E-state index contributed by atoms with van der Waals surface area (Å²) in [6.07, 6.45) is 1.93. The van der Waals surface area contributed by atoms with E-state index >= 15 is 0 Å². The number of likely N-dealkylation sites (N-methyl/N-ethyl adjacent to an activating group) is 1. The zero-order chi connectivity index (χ0) is 15.2. The van der Waals surface area contributed by atoms with Crippen molar-refractivity contribution < 1.29 is 9.13 Å². The minimum Gasteiger partial charge on any atom is -0.497 e. The van der Waals surface area contributed by atoms with E-state index in [2.05, 4.69) is 25.7 Å². The number of hydrogen-bond acceptors (Lipinski definition) is 3. The first-order valence-corrected chi connectivity index (χ1v) is 7.34. The molecule has 0 aliphatic heterocycles. The minimum absolute atomic E-state index is 0.0544. The quantitative estimate of drug-likeness (QED) is 0.796. The van der Waals surface area contributed by atoms with Crippen LogP contribution in [-0.2, 0) is 6.54 Å². The van der Waals surface area contributed by atoms with Crippen LogP contribution in [0.15, 0.2) is 18.2 Å². The third kappa shape index (κ3) is 3.49. The summed E-state index contributed by atoms with van der Waals surface area (Å²) < 4.78 is 19.1. The summed E-state index contributed by atoms with van der Waals surface area (Å²) in [6, 6.07) is 5.03. The summed E-state index contributed by atoms with van der Waals surface area (Å²) in [5.74, 6) is 0.325. The Morgan fingerprint density at radius 2 is 1.90 bits per heavy atom. The molecule has 0 saturated heterocycles. The molecule has 0 aliphatic rings. The van der Waals surface area contributed by atoms with Crippen molar-refractivity contribution in [2.75, 3.05) is 20.2 Å². The summed E-state index contributed by atoms with van der Waals surface area (Å²) >= 11 is 0. The van der Waals surface area contributed by atoms with Gasteiger partial charge in [0.05, 0.1) is 7.11 Å². The molecule has 0 spiro atoms. The normalized spacial score (nSPS) is 11.9. The summed E-state index contributed by atoms with van der Waals surface area (Å²) in [6.45, 7) is 8.39. The Kier molecular flexibility index (Phi) is 6.43. The van der Waals surface area contributed by atoms with E-state index in [0.29, 0.717) is 24.4 Å². The first kappa shape index (κ1) is 16.9. The molecular formula is C16H27FN2O. The largest absolute Gasteiger partial charge is 0.497 e. The topological polar surface area (TPSA) is 38.5 Å². The molecule has 3 nitrogen and oxygen atoms in total. The summed E-state index contributed by atoms with van der Waals surface area (Å²) in [4.78, 5) is 2.28. The van der Waals surface area contributed by atoms with Crippen LogP contribution >= 0.6 is 0 Å². The van der Waals surface area contributed by atoms with Crippen molar-refractivity contribution in [3.63, 3.8) is 0 Å². The third-order valence-corrected chi connectivity index (χ3v) is 4.37. The SMILES string of the molecule is CCN(Cc1ccc(OC)cc1F)C(CC)(CC)CN. The van der Waals surface area contributed by atoms with E-state index in [1.165, 1.54) is 6.07 Å². The van der Waals surface area contributed by atoms with Gasteiger partial charge in [0.2, 0.25) is 0 Å². The van der Waals surface area contributed by atoms with E-state index < -0.39 is 0 Å². The lowest BCUT2D eigenvalue weighted by molar-refractivity contribution is 0.0816. The molecule has 2 N–H and O–H groups in total. The molecule has 0 saturated carbocycles. The van der Waals surface area contributed by atoms with Crippen molar-refractivity contribution in [3.05, 3.63) is 29.6 Å². The fraction of sp³-hybridized carbons (Fsp3) is 0.625. The van der Waals surface area contributed by atoms with E-state index in [1.54, 1.807) is 19.2 Å². The standard InChI is InChI=1S/C16H27FN2O/c1-5-16(6-2,12-18)19(7-3)11-13-8-9-14(20-4)10-15(13)17/h8-10H,5-7,11-12,18H2,1-4H3. The number of rotatable bonds is 8. The molecule has 0 aliphatic carbocycles. The highest BCUT2D eigenvalue weighted by Crippen LogP contribution is 2.26. The van der Waals surface area contributed by atoms with Crippen LogP contribution in [0.25, 0.3) is 0 Å². The summed E-state index contributed by atoms with van der Waals surface area (Å²) in [7, 11) is 1.54. The Hall–Kier alpha value is -1.13. The van der Waals surface area contributed by atoms with Gasteiger partial charge in [-0.15, -0.1) is 0 Å². The van der Waals surface area contributed by atoms with Crippen LogP contribution in [0, 0.1) is 5.82 Å². The molecule has 0 fully saturated rings. The van der Waals surface area contributed by atoms with Crippen molar-refractivity contribution in [3.8, 4) is 5.75 Å². The number of methoxy groups -OCH3 is 1. The average molecular weight is 282 g/mol. The Bertz CT molecular complexity index is 411. The van der Waals surface area contributed by atoms with Crippen molar-refractivity contribution in [2.24, 2.45) is 5.73 Å². The van der Waals surface area contributed by atoms with Gasteiger partial charge >= 0.3 is 0 Å². The zero-order valence-electron chi connectivity index (χ0n) is 13.1. The molecule has 0 aromatic heterocycles. The maximum absolute atomic E-state index is 14.1. The van der Waals surface area contributed by atoms with Gasteiger partial charge in [0.1, 0.15) is 11.6 Å². The number of nitrogens with two attached hydrogens (primary N) is 1. The van der Waals surface area contributed by atoms with Gasteiger partial charge in [0, 0.05) is 30.3 Å². The van der Waals surface area contributed by atoms with E-state index in [-0.39, 0.29) is 11.4 Å². The third-order valence-electron chi connectivity index (χ3n) is 4.37. The molecule has 0 radical (unpaired) electrons. The highest BCUT2D eigenvalue weighted by molar-refractivity contribution is 5.29. The van der Waals surface area contributed by atoms with Crippen LogP contribution in [0.3, 0.4) is 0 Å². The van der Waals surface area contributed by atoms with Gasteiger partial charge in [-0.3, -0.25) is 4.90 Å². The van der Waals surface area contributed by atoms with Crippen molar-refractivity contribution in [2.45, 2.75) is 45.7 Å². The van der Waals surface area contributed by atoms with E-state index in [0.717, 1.165) is 19.4 Å². The Balaban J connectivity index is 2.98. The lowest BCUT2D eigenvalue weighted by atomic mass is 9.90. The number of hydrogen-bond donors (Lipinski definition) is 1. The molecule has 114 valence electrons. The van der Waals surface area contributed by atoms with Crippen molar-refractivity contribution >= 4 is 0 Å². The number of halogens is 1. The van der Waals surface area contributed by atoms with Crippen LogP contribution < -0.4 is 10.5 Å². The van der Waals surface area contributed by atoms with Gasteiger partial charge in [0.15, 0.2) is 0 Å². The molecule has 0 amide bonds. The molecule has 4 heteroatoms. The molecule has 0 atom stereocenters. The number of ether oxygens (including phenoxy) is 1. The van der Waals surface area contributed by atoms with Gasteiger partial charge < -0.3 is 10.5 Å². The molecule has 0 bridgehead atoms. The van der Waals surface area contributed by atoms with Gasteiger partial charge in [-0.05, 0) is 25.5 Å². The maximum atomic E-state index is 14.1. The van der Waals surface area contributed by atoms with E-state index in [1.807, 2.05) is 0 Å². The minimum atomic E-state index is -0.221. The van der Waals surface area contributed by atoms with E-state index in [9.17, 15) is 4.39 Å². The molecule has 20 heavy (non-hydrogen) atoms. The maximum Gasteiger partial charge on any atom is 0.131 e. The summed E-state index contributed by atoms with van der Waals surface area (Å²) in [5.41, 5.74) is 6.62. The second-order valence-corrected chi connectivity index (χ2v) is 5.11. The van der Waals surface area contributed by atoms with Crippen LogP contribution in [-0.4, -0.2) is 30.6 Å². The first-order chi connectivity index (χ1) is 9.56. The zero-order valence-corrected chi connectivity index (χ0v) is 13.1. The number of nitrogens with zero attached hydrogens (tertiary/aromatic N) is 1. The molecule has 1 aromatic carbocycles. The second-order valence-electron chi connectivity index (χ2n) is 5.11. The van der Waals surface area contributed by atoms with Crippen LogP contribution in [0.4, 0.5) is 4.39 Å². The molecular weight excluding hydrogens is 255 g/mol. The lowest BCUT2D eigenvalue weighted by Gasteiger charge is -2.42. The summed E-state index contributed by atoms with van der Waals surface area (Å²) in [5, 5.41) is 0. The predicted octanol–water partition coefficient (Wildman–Crippen LogP) is 3.17. The second kappa shape index (κ2) is 7.60. The fourth-order valence-electron chi connectivity index (χ4n) is 2.72. The van der Waals surface area contributed by atoms with E-state index in [4.69, 9.17) is 10.5 Å². The highest BCUT2D eigenvalue weighted by Gasteiger charge is 2.31. The lowest BCUT2D eigenvalue weighted by Crippen LogP contribution is -2.52. The van der Waals surface area contributed by atoms with Crippen molar-refractivity contribution in [1.82, 2.24) is 4.90 Å².